The molecular weight excluding hydrogens is 408 g/mol. The Morgan fingerprint density at radius 2 is 1.88 bits per heavy atom. The first-order valence-electron chi connectivity index (χ1n) is 10.8. The Bertz CT molecular complexity index is 1050. The highest BCUT2D eigenvalue weighted by Gasteiger charge is 2.23. The first-order valence-corrected chi connectivity index (χ1v) is 10.8. The average molecular weight is 435 g/mol. The summed E-state index contributed by atoms with van der Waals surface area (Å²) >= 11 is 0. The number of carbonyl (C=O) groups excluding carboxylic acids is 2. The zero-order valence-corrected chi connectivity index (χ0v) is 18.1. The Balaban J connectivity index is 1.36. The number of hydrogen-bond acceptors (Lipinski definition) is 7. The number of amides is 1. The molecule has 0 bridgehead atoms. The number of aromatic nitrogens is 4. The molecule has 0 aliphatic carbocycles. The quantitative estimate of drug-likeness (QED) is 0.549. The molecule has 1 aromatic carbocycles. The largest absolute Gasteiger partial charge is 0.462 e. The second-order valence-electron chi connectivity index (χ2n) is 7.55. The number of nitrogens with zero attached hydrogens (tertiary/aromatic N) is 6. The van der Waals surface area contributed by atoms with Crippen molar-refractivity contribution in [1.29, 1.82) is 0 Å². The number of esters is 1. The summed E-state index contributed by atoms with van der Waals surface area (Å²) in [7, 11) is 0. The minimum Gasteiger partial charge on any atom is -0.462 e. The van der Waals surface area contributed by atoms with Crippen LogP contribution in [0.4, 0.5) is 5.82 Å². The Kier molecular flexibility index (Phi) is 6.74. The van der Waals surface area contributed by atoms with E-state index in [9.17, 15) is 9.59 Å². The van der Waals surface area contributed by atoms with Gasteiger partial charge < -0.3 is 14.5 Å². The van der Waals surface area contributed by atoms with Crippen molar-refractivity contribution in [2.75, 3.05) is 37.7 Å². The highest BCUT2D eigenvalue weighted by atomic mass is 16.5. The van der Waals surface area contributed by atoms with E-state index in [2.05, 4.69) is 20.2 Å². The van der Waals surface area contributed by atoms with Crippen molar-refractivity contribution in [3.05, 3.63) is 71.7 Å². The Morgan fingerprint density at radius 3 is 2.62 bits per heavy atom. The minimum atomic E-state index is -0.375. The van der Waals surface area contributed by atoms with Gasteiger partial charge >= 0.3 is 5.97 Å². The van der Waals surface area contributed by atoms with Crippen LogP contribution in [0.15, 0.2) is 54.9 Å². The van der Waals surface area contributed by atoms with Crippen LogP contribution in [-0.2, 0) is 11.3 Å². The summed E-state index contributed by atoms with van der Waals surface area (Å²) in [5, 5.41) is 8.20. The molecule has 1 aliphatic rings. The Hall–Kier alpha value is -3.75. The summed E-state index contributed by atoms with van der Waals surface area (Å²) in [6.07, 6.45) is 4.05. The SMILES string of the molecule is CCOC(=O)c1ccc(N2CCCN(C(=O)c3cn(Cc4ccccc4)nn3)CC2)nc1. The van der Waals surface area contributed by atoms with E-state index in [0.29, 0.717) is 44.0 Å². The Morgan fingerprint density at radius 1 is 1.03 bits per heavy atom. The predicted molar refractivity (Wildman–Crippen MR) is 118 cm³/mol. The fourth-order valence-corrected chi connectivity index (χ4v) is 3.66. The monoisotopic (exact) mass is 434 g/mol. The van der Waals surface area contributed by atoms with Gasteiger partial charge in [-0.2, -0.15) is 0 Å². The van der Waals surface area contributed by atoms with Crippen molar-refractivity contribution >= 4 is 17.7 Å². The second kappa shape index (κ2) is 10.0. The molecular formula is C23H26N6O3. The van der Waals surface area contributed by atoms with Gasteiger partial charge in [0.05, 0.1) is 24.9 Å². The van der Waals surface area contributed by atoms with Crippen molar-refractivity contribution in [3.8, 4) is 0 Å². The number of rotatable bonds is 6. The summed E-state index contributed by atoms with van der Waals surface area (Å²) in [5.41, 5.74) is 1.88. The molecule has 1 saturated heterocycles. The van der Waals surface area contributed by atoms with Crippen LogP contribution < -0.4 is 4.90 Å². The first kappa shape index (κ1) is 21.5. The fraction of sp³-hybridized carbons (Fsp3) is 0.348. The minimum absolute atomic E-state index is 0.114. The van der Waals surface area contributed by atoms with Crippen molar-refractivity contribution in [2.45, 2.75) is 19.9 Å². The third-order valence-corrected chi connectivity index (χ3v) is 5.31. The third kappa shape index (κ3) is 5.11. The van der Waals surface area contributed by atoms with E-state index in [1.54, 1.807) is 23.9 Å². The second-order valence-corrected chi connectivity index (χ2v) is 7.55. The molecule has 0 spiro atoms. The van der Waals surface area contributed by atoms with Crippen LogP contribution in [0.1, 0.15) is 39.8 Å². The van der Waals surface area contributed by atoms with Gasteiger partial charge in [0.1, 0.15) is 5.82 Å². The molecule has 32 heavy (non-hydrogen) atoms. The number of benzene rings is 1. The molecule has 1 amide bonds. The average Bonchev–Trinajstić information content (AvgIpc) is 3.14. The molecule has 0 radical (unpaired) electrons. The van der Waals surface area contributed by atoms with E-state index in [4.69, 9.17) is 4.74 Å². The number of carbonyl (C=O) groups is 2. The number of ether oxygens (including phenoxy) is 1. The molecule has 166 valence electrons. The molecule has 2 aromatic heterocycles. The van der Waals surface area contributed by atoms with Crippen LogP contribution in [0.3, 0.4) is 0 Å². The maximum atomic E-state index is 13.0. The highest BCUT2D eigenvalue weighted by Crippen LogP contribution is 2.16. The maximum Gasteiger partial charge on any atom is 0.339 e. The Labute approximate surface area is 186 Å². The van der Waals surface area contributed by atoms with Crippen LogP contribution in [0.25, 0.3) is 0 Å². The van der Waals surface area contributed by atoms with E-state index in [0.717, 1.165) is 24.3 Å². The van der Waals surface area contributed by atoms with Gasteiger partial charge in [-0.3, -0.25) is 4.79 Å². The molecule has 9 nitrogen and oxygen atoms in total. The van der Waals surface area contributed by atoms with Gasteiger partial charge in [-0.15, -0.1) is 5.10 Å². The zero-order chi connectivity index (χ0) is 22.3. The van der Waals surface area contributed by atoms with Crippen LogP contribution in [-0.4, -0.2) is 69.5 Å². The smallest absolute Gasteiger partial charge is 0.339 e. The summed E-state index contributed by atoms with van der Waals surface area (Å²) in [6.45, 7) is 5.30. The van der Waals surface area contributed by atoms with Gasteiger partial charge in [0, 0.05) is 32.4 Å². The van der Waals surface area contributed by atoms with Crippen LogP contribution in [0.5, 0.6) is 0 Å². The summed E-state index contributed by atoms with van der Waals surface area (Å²) in [5.74, 6) is 0.289. The van der Waals surface area contributed by atoms with E-state index in [1.807, 2.05) is 41.3 Å². The zero-order valence-electron chi connectivity index (χ0n) is 18.1. The number of hydrogen-bond donors (Lipinski definition) is 0. The molecule has 3 aromatic rings. The molecule has 4 rings (SSSR count). The van der Waals surface area contributed by atoms with E-state index < -0.39 is 0 Å². The normalized spacial score (nSPS) is 14.2. The van der Waals surface area contributed by atoms with Crippen molar-refractivity contribution < 1.29 is 14.3 Å². The van der Waals surface area contributed by atoms with Crippen LogP contribution in [0, 0.1) is 0 Å². The third-order valence-electron chi connectivity index (χ3n) is 5.31. The molecule has 0 atom stereocenters. The lowest BCUT2D eigenvalue weighted by molar-refractivity contribution is 0.0525. The lowest BCUT2D eigenvalue weighted by Crippen LogP contribution is -2.35. The van der Waals surface area contributed by atoms with Crippen LogP contribution in [0.2, 0.25) is 0 Å². The lowest BCUT2D eigenvalue weighted by atomic mass is 10.2. The van der Waals surface area contributed by atoms with Gasteiger partial charge in [0.2, 0.25) is 0 Å². The molecule has 1 aliphatic heterocycles. The van der Waals surface area contributed by atoms with Gasteiger partial charge in [0.25, 0.3) is 5.91 Å². The first-order chi connectivity index (χ1) is 15.6. The lowest BCUT2D eigenvalue weighted by Gasteiger charge is -2.22. The predicted octanol–water partition coefficient (Wildman–Crippen LogP) is 2.25. The molecule has 3 heterocycles. The van der Waals surface area contributed by atoms with Gasteiger partial charge in [-0.1, -0.05) is 35.5 Å². The van der Waals surface area contributed by atoms with E-state index in [-0.39, 0.29) is 11.9 Å². The molecule has 0 saturated carbocycles. The van der Waals surface area contributed by atoms with Crippen molar-refractivity contribution in [2.24, 2.45) is 0 Å². The van der Waals surface area contributed by atoms with E-state index >= 15 is 0 Å². The fourth-order valence-electron chi connectivity index (χ4n) is 3.66. The molecule has 9 heteroatoms. The van der Waals surface area contributed by atoms with Crippen LogP contribution >= 0.6 is 0 Å². The number of anilines is 1. The number of pyridine rings is 1. The van der Waals surface area contributed by atoms with Gasteiger partial charge in [-0.05, 0) is 31.0 Å². The maximum absolute atomic E-state index is 13.0. The topological polar surface area (TPSA) is 93.5 Å². The van der Waals surface area contributed by atoms with Crippen molar-refractivity contribution in [1.82, 2.24) is 24.9 Å². The summed E-state index contributed by atoms with van der Waals surface area (Å²) in [4.78, 5) is 33.1. The molecule has 1 fully saturated rings. The highest BCUT2D eigenvalue weighted by molar-refractivity contribution is 5.92. The molecule has 0 unspecified atom stereocenters. The molecule has 0 N–H and O–H groups in total. The van der Waals surface area contributed by atoms with Crippen molar-refractivity contribution in [3.63, 3.8) is 0 Å². The standard InChI is InChI=1S/C23H26N6O3/c1-2-32-23(31)19-9-10-21(24-15-19)27-11-6-12-28(14-13-27)22(30)20-17-29(26-25-20)16-18-7-4-3-5-8-18/h3-5,7-10,15,17H,2,6,11-14,16H2,1H3. The summed E-state index contributed by atoms with van der Waals surface area (Å²) in [6, 6.07) is 13.5. The van der Waals surface area contributed by atoms with Gasteiger partial charge in [-0.25, -0.2) is 14.5 Å². The van der Waals surface area contributed by atoms with Gasteiger partial charge in [0.15, 0.2) is 5.69 Å². The van der Waals surface area contributed by atoms with E-state index in [1.165, 1.54) is 6.20 Å². The summed E-state index contributed by atoms with van der Waals surface area (Å²) < 4.78 is 6.68.